The van der Waals surface area contributed by atoms with Gasteiger partial charge in [0.15, 0.2) is 0 Å². The molecule has 0 aliphatic heterocycles. The van der Waals surface area contributed by atoms with Crippen LogP contribution in [0.15, 0.2) is 54.6 Å². The summed E-state index contributed by atoms with van der Waals surface area (Å²) in [6.07, 6.45) is -1.69. The molecule has 41 heavy (non-hydrogen) atoms. The van der Waals surface area contributed by atoms with Gasteiger partial charge in [0, 0.05) is 19.3 Å². The maximum atomic E-state index is 13.4. The van der Waals surface area contributed by atoms with Crippen LogP contribution in [0.5, 0.6) is 5.75 Å². The Balaban J connectivity index is 2.32. The zero-order chi connectivity index (χ0) is 30.5. The van der Waals surface area contributed by atoms with Crippen LogP contribution in [0.2, 0.25) is 0 Å². The molecular weight excluding hydrogens is 540 g/mol. The Hall–Kier alpha value is -4.98. The molecule has 0 aliphatic carbocycles. The lowest BCUT2D eigenvalue weighted by atomic mass is 10.0. The summed E-state index contributed by atoms with van der Waals surface area (Å²) in [5, 5.41) is 43.9. The number of benzene rings is 2. The van der Waals surface area contributed by atoms with E-state index in [9.17, 15) is 39.0 Å². The molecule has 220 valence electrons. The van der Waals surface area contributed by atoms with Crippen molar-refractivity contribution < 1.29 is 49.2 Å². The van der Waals surface area contributed by atoms with Gasteiger partial charge in [-0.2, -0.15) is 0 Å². The number of phenols is 1. The quantitative estimate of drug-likeness (QED) is 0.126. The number of hydrogen-bond donors (Lipinski definition) is 8. The molecule has 9 N–H and O–H groups in total. The molecule has 0 spiro atoms. The summed E-state index contributed by atoms with van der Waals surface area (Å²) >= 11 is 0. The summed E-state index contributed by atoms with van der Waals surface area (Å²) in [6, 6.07) is 8.46. The number of phenolic OH excluding ortho intramolecular Hbond substituents is 1. The van der Waals surface area contributed by atoms with Crippen molar-refractivity contribution in [1.29, 1.82) is 0 Å². The summed E-state index contributed by atoms with van der Waals surface area (Å²) in [7, 11) is 0. The van der Waals surface area contributed by atoms with Crippen LogP contribution in [-0.4, -0.2) is 80.2 Å². The molecule has 2 aromatic carbocycles. The highest BCUT2D eigenvalue weighted by Gasteiger charge is 2.31. The standard InChI is InChI=1S/C27H32N4O10/c28-18(10-11-22(33)34)24(37)29-19(12-15-4-2-1-3-5-15)25(38)30-20(13-16-6-8-17(32)9-7-16)26(39)31-21(27(40)41)14-23(35)36/h1-9,18-21,32H,10-14,28H2,(H,29,37)(H,30,38)(H,31,39)(H,33,34)(H,35,36)(H,40,41). The molecule has 14 heteroatoms. The van der Waals surface area contributed by atoms with E-state index in [1.807, 2.05) is 0 Å². The number of nitrogens with one attached hydrogen (secondary N) is 3. The van der Waals surface area contributed by atoms with Gasteiger partial charge in [-0.05, 0) is 29.7 Å². The van der Waals surface area contributed by atoms with Crippen LogP contribution in [0.25, 0.3) is 0 Å². The van der Waals surface area contributed by atoms with E-state index in [0.29, 0.717) is 11.1 Å². The molecule has 0 saturated heterocycles. The monoisotopic (exact) mass is 572 g/mol. The molecule has 0 bridgehead atoms. The number of aliphatic carboxylic acids is 3. The molecule has 0 saturated carbocycles. The topological polar surface area (TPSA) is 245 Å². The van der Waals surface area contributed by atoms with Gasteiger partial charge >= 0.3 is 17.9 Å². The zero-order valence-corrected chi connectivity index (χ0v) is 21.9. The zero-order valence-electron chi connectivity index (χ0n) is 21.9. The molecule has 14 nitrogen and oxygen atoms in total. The highest BCUT2D eigenvalue weighted by atomic mass is 16.4. The molecule has 2 rings (SSSR count). The number of carbonyl (C=O) groups is 6. The van der Waals surface area contributed by atoms with Crippen LogP contribution in [0.1, 0.15) is 30.4 Å². The van der Waals surface area contributed by atoms with Gasteiger partial charge in [0.05, 0.1) is 12.5 Å². The minimum absolute atomic E-state index is 0.0334. The van der Waals surface area contributed by atoms with Crippen LogP contribution < -0.4 is 21.7 Å². The second kappa shape index (κ2) is 15.6. The minimum Gasteiger partial charge on any atom is -0.508 e. The smallest absolute Gasteiger partial charge is 0.326 e. The lowest BCUT2D eigenvalue weighted by molar-refractivity contribution is -0.147. The fourth-order valence-electron chi connectivity index (χ4n) is 3.74. The number of hydrogen-bond acceptors (Lipinski definition) is 8. The van der Waals surface area contributed by atoms with Crippen LogP contribution in [0, 0.1) is 0 Å². The molecule has 4 unspecified atom stereocenters. The second-order valence-electron chi connectivity index (χ2n) is 9.22. The number of amides is 3. The van der Waals surface area contributed by atoms with E-state index < -0.39 is 66.2 Å². The molecule has 0 radical (unpaired) electrons. The molecule has 2 aromatic rings. The summed E-state index contributed by atoms with van der Waals surface area (Å²) in [5.74, 6) is -6.91. The molecule has 0 aliphatic rings. The number of nitrogens with two attached hydrogens (primary N) is 1. The van der Waals surface area contributed by atoms with Crippen molar-refractivity contribution >= 4 is 35.6 Å². The Bertz CT molecular complexity index is 1240. The third-order valence-corrected chi connectivity index (χ3v) is 5.92. The van der Waals surface area contributed by atoms with Crippen molar-refractivity contribution in [2.24, 2.45) is 5.73 Å². The molecule has 0 heterocycles. The molecule has 3 amide bonds. The number of rotatable bonds is 16. The van der Waals surface area contributed by atoms with E-state index in [4.69, 9.17) is 15.9 Å². The van der Waals surface area contributed by atoms with Crippen LogP contribution in [-0.2, 0) is 41.6 Å². The van der Waals surface area contributed by atoms with E-state index in [1.165, 1.54) is 24.3 Å². The van der Waals surface area contributed by atoms with Gasteiger partial charge in [-0.3, -0.25) is 24.0 Å². The van der Waals surface area contributed by atoms with Crippen molar-refractivity contribution in [2.45, 2.75) is 56.3 Å². The average Bonchev–Trinajstić information content (AvgIpc) is 2.91. The number of carboxylic acids is 3. The molecule has 0 fully saturated rings. The predicted octanol–water partition coefficient (Wildman–Crippen LogP) is -0.617. The van der Waals surface area contributed by atoms with Gasteiger partial charge in [-0.1, -0.05) is 42.5 Å². The van der Waals surface area contributed by atoms with Crippen molar-refractivity contribution in [1.82, 2.24) is 16.0 Å². The number of carboxylic acid groups (broad SMARTS) is 3. The Morgan fingerprint density at radius 1 is 0.659 bits per heavy atom. The predicted molar refractivity (Wildman–Crippen MR) is 142 cm³/mol. The van der Waals surface area contributed by atoms with Gasteiger partial charge in [-0.25, -0.2) is 4.79 Å². The second-order valence-corrected chi connectivity index (χ2v) is 9.22. The lowest BCUT2D eigenvalue weighted by Gasteiger charge is -2.25. The summed E-state index contributed by atoms with van der Waals surface area (Å²) < 4.78 is 0. The number of aromatic hydroxyl groups is 1. The number of carbonyl (C=O) groups excluding carboxylic acids is 3. The maximum absolute atomic E-state index is 13.4. The molecular formula is C27H32N4O10. The fourth-order valence-corrected chi connectivity index (χ4v) is 3.74. The van der Waals surface area contributed by atoms with Crippen molar-refractivity contribution in [3.63, 3.8) is 0 Å². The summed E-state index contributed by atoms with van der Waals surface area (Å²) in [6.45, 7) is 0. The van der Waals surface area contributed by atoms with Crippen LogP contribution in [0.4, 0.5) is 0 Å². The maximum Gasteiger partial charge on any atom is 0.326 e. The first kappa shape index (κ1) is 32.2. The van der Waals surface area contributed by atoms with E-state index in [1.54, 1.807) is 30.3 Å². The third kappa shape index (κ3) is 11.3. The van der Waals surface area contributed by atoms with E-state index >= 15 is 0 Å². The highest BCUT2D eigenvalue weighted by Crippen LogP contribution is 2.13. The Labute approximate surface area is 234 Å². The van der Waals surface area contributed by atoms with Crippen molar-refractivity contribution in [2.75, 3.05) is 0 Å². The normalized spacial score (nSPS) is 13.6. The first-order valence-corrected chi connectivity index (χ1v) is 12.5. The van der Waals surface area contributed by atoms with E-state index in [-0.39, 0.29) is 31.4 Å². The largest absolute Gasteiger partial charge is 0.508 e. The Morgan fingerprint density at radius 3 is 1.63 bits per heavy atom. The minimum atomic E-state index is -1.79. The Kier molecular flexibility index (Phi) is 12.2. The van der Waals surface area contributed by atoms with Crippen LogP contribution >= 0.6 is 0 Å². The van der Waals surface area contributed by atoms with Crippen molar-refractivity contribution in [3.8, 4) is 5.75 Å². The Morgan fingerprint density at radius 2 is 1.15 bits per heavy atom. The average molecular weight is 573 g/mol. The summed E-state index contributed by atoms with van der Waals surface area (Å²) in [5.41, 5.74) is 6.90. The van der Waals surface area contributed by atoms with Gasteiger partial charge in [0.1, 0.15) is 23.9 Å². The lowest BCUT2D eigenvalue weighted by Crippen LogP contribution is -2.58. The summed E-state index contributed by atoms with van der Waals surface area (Å²) in [4.78, 5) is 72.7. The van der Waals surface area contributed by atoms with E-state index in [0.717, 1.165) is 0 Å². The third-order valence-electron chi connectivity index (χ3n) is 5.92. The van der Waals surface area contributed by atoms with Gasteiger partial charge in [-0.15, -0.1) is 0 Å². The molecule has 4 atom stereocenters. The fraction of sp³-hybridized carbons (Fsp3) is 0.333. The first-order valence-electron chi connectivity index (χ1n) is 12.5. The van der Waals surface area contributed by atoms with Gasteiger partial charge in [0.25, 0.3) is 0 Å². The van der Waals surface area contributed by atoms with Gasteiger partial charge in [0.2, 0.25) is 17.7 Å². The van der Waals surface area contributed by atoms with E-state index in [2.05, 4.69) is 16.0 Å². The first-order chi connectivity index (χ1) is 19.3. The SMILES string of the molecule is NC(CCC(=O)O)C(=O)NC(Cc1ccccc1)C(=O)NC(Cc1ccc(O)cc1)C(=O)NC(CC(=O)O)C(=O)O. The van der Waals surface area contributed by atoms with Gasteiger partial charge < -0.3 is 42.1 Å². The van der Waals surface area contributed by atoms with Crippen LogP contribution in [0.3, 0.4) is 0 Å². The van der Waals surface area contributed by atoms with Crippen molar-refractivity contribution in [3.05, 3.63) is 65.7 Å². The highest BCUT2D eigenvalue weighted by molar-refractivity contribution is 5.95. The molecule has 0 aromatic heterocycles.